The molecule has 458 valence electrons. The van der Waals surface area contributed by atoms with Crippen LogP contribution in [0, 0.1) is 17.8 Å². The minimum Gasteiger partial charge on any atom is -0.480 e. The number of carboxylic acids is 1. The first kappa shape index (κ1) is 69.0. The van der Waals surface area contributed by atoms with Gasteiger partial charge < -0.3 is 84.5 Å². The molecule has 27 nitrogen and oxygen atoms in total. The Morgan fingerprint density at radius 2 is 1.26 bits per heavy atom. The Labute approximate surface area is 475 Å². The highest BCUT2D eigenvalue weighted by molar-refractivity contribution is 5.98. The maximum atomic E-state index is 14.5. The van der Waals surface area contributed by atoms with Crippen molar-refractivity contribution < 1.29 is 63.3 Å². The van der Waals surface area contributed by atoms with Gasteiger partial charge in [-0.05, 0) is 115 Å². The lowest BCUT2D eigenvalue weighted by atomic mass is 9.96. The van der Waals surface area contributed by atoms with Crippen LogP contribution in [0.3, 0.4) is 0 Å². The number of carbonyl (C=O) groups is 10. The van der Waals surface area contributed by atoms with Crippen molar-refractivity contribution in [2.24, 2.45) is 35.0 Å². The van der Waals surface area contributed by atoms with Crippen molar-refractivity contribution in [3.8, 4) is 0 Å². The molecule has 0 spiro atoms. The van der Waals surface area contributed by atoms with Crippen molar-refractivity contribution in [3.05, 3.63) is 18.2 Å². The van der Waals surface area contributed by atoms with E-state index in [1.807, 2.05) is 34.6 Å². The van der Waals surface area contributed by atoms with E-state index >= 15 is 0 Å². The molecule has 2 aliphatic rings. The number of nitrogens with one attached hydrogen (secondary N) is 8. The zero-order valence-electron chi connectivity index (χ0n) is 48.4. The fraction of sp³-hybridized carbons (Fsp3) is 0.759. The topological polar surface area (TPSA) is 429 Å². The summed E-state index contributed by atoms with van der Waals surface area (Å²) in [6, 6.07) is -11.4. The molecular formula is C54H94N14O13. The lowest BCUT2D eigenvalue weighted by molar-refractivity contribution is -0.149. The van der Waals surface area contributed by atoms with Crippen LogP contribution in [0.25, 0.3) is 0 Å². The van der Waals surface area contributed by atoms with Gasteiger partial charge in [-0.2, -0.15) is 0 Å². The number of aromatic nitrogens is 2. The number of amides is 9. The fourth-order valence-electron chi connectivity index (χ4n) is 9.94. The van der Waals surface area contributed by atoms with Crippen molar-refractivity contribution in [2.75, 3.05) is 32.8 Å². The molecule has 1 aromatic heterocycles. The third-order valence-electron chi connectivity index (χ3n) is 14.7. The van der Waals surface area contributed by atoms with E-state index in [0.29, 0.717) is 63.7 Å². The molecule has 3 heterocycles. The number of rotatable bonds is 36. The molecule has 3 rings (SSSR count). The van der Waals surface area contributed by atoms with Gasteiger partial charge in [0.25, 0.3) is 0 Å². The first-order valence-electron chi connectivity index (χ1n) is 28.7. The molecule has 2 fully saturated rings. The lowest BCUT2D eigenvalue weighted by Crippen LogP contribution is -2.60. The van der Waals surface area contributed by atoms with E-state index < -0.39 is 145 Å². The van der Waals surface area contributed by atoms with E-state index in [1.165, 1.54) is 23.1 Å². The van der Waals surface area contributed by atoms with E-state index in [2.05, 4.69) is 47.2 Å². The quantitative estimate of drug-likeness (QED) is 0.0320. The third kappa shape index (κ3) is 22.2. The number of H-pyrrole nitrogens is 1. The van der Waals surface area contributed by atoms with E-state index in [1.54, 1.807) is 13.1 Å². The number of aliphatic hydroxyl groups is 2. The van der Waals surface area contributed by atoms with Crippen LogP contribution in [0.4, 0.5) is 0 Å². The Hall–Kier alpha value is -6.29. The standard InChI is InChI=1S/C54H94N14O13/c1-8-32(6)45(53(79)68-22-14-18-42(68)52(78)67-21-13-17-41(67)51(77)61-36(15-9-11-19-55)48(74)62-37(54(80)81)16-10-12-20-56)66-46(72)33(7)60-44(71)26-43(70)38(23-30(2)3)63-50(76)40(28-69)65-49(75)39(24-31(4)5)64-47(73)35(57)25-34-27-58-29-59-34/h27,29-33,35-43,45,69-70H,8-26,28,55-57H2,1-7H3,(H,58,59)(H,60,71)(H,61,77)(H,62,74)(H,63,76)(H,64,73)(H,65,75)(H,66,72)(H,80,81)/t32-,33-,35-,36-,37-,38-,39-,40-,41-,42-,43-,45-/m0/s1. The molecule has 0 unspecified atom stereocenters. The molecule has 0 bridgehead atoms. The molecule has 0 radical (unpaired) electrons. The monoisotopic (exact) mass is 1150 g/mol. The molecule has 17 N–H and O–H groups in total. The molecule has 2 saturated heterocycles. The van der Waals surface area contributed by atoms with Gasteiger partial charge in [0, 0.05) is 25.7 Å². The number of hydrogen-bond acceptors (Lipinski definition) is 16. The van der Waals surface area contributed by atoms with Crippen LogP contribution in [-0.2, 0) is 54.4 Å². The Kier molecular flexibility index (Phi) is 29.7. The summed E-state index contributed by atoms with van der Waals surface area (Å²) in [5.41, 5.74) is 17.9. The van der Waals surface area contributed by atoms with E-state index in [0.717, 1.165) is 0 Å². The van der Waals surface area contributed by atoms with E-state index in [4.69, 9.17) is 17.2 Å². The van der Waals surface area contributed by atoms with Crippen LogP contribution >= 0.6 is 0 Å². The van der Waals surface area contributed by atoms with Crippen LogP contribution in [-0.4, -0.2) is 194 Å². The van der Waals surface area contributed by atoms with Gasteiger partial charge in [0.15, 0.2) is 0 Å². The molecule has 2 aliphatic heterocycles. The van der Waals surface area contributed by atoms with Crippen LogP contribution in [0.2, 0.25) is 0 Å². The maximum absolute atomic E-state index is 14.5. The first-order valence-corrected chi connectivity index (χ1v) is 28.7. The predicted octanol–water partition coefficient (Wildman–Crippen LogP) is -2.10. The smallest absolute Gasteiger partial charge is 0.326 e. The van der Waals surface area contributed by atoms with Gasteiger partial charge in [-0.1, -0.05) is 48.0 Å². The number of aliphatic carboxylic acids is 1. The largest absolute Gasteiger partial charge is 0.480 e. The van der Waals surface area contributed by atoms with Crippen molar-refractivity contribution in [1.82, 2.24) is 57.0 Å². The average molecular weight is 1150 g/mol. The van der Waals surface area contributed by atoms with Gasteiger partial charge in [0.1, 0.15) is 48.3 Å². The molecular weight excluding hydrogens is 1050 g/mol. The second-order valence-corrected chi connectivity index (χ2v) is 22.4. The van der Waals surface area contributed by atoms with E-state index in [-0.39, 0.29) is 69.9 Å². The normalized spacial score (nSPS) is 19.0. The summed E-state index contributed by atoms with van der Waals surface area (Å²) in [7, 11) is 0. The lowest BCUT2D eigenvalue weighted by Gasteiger charge is -2.35. The average Bonchev–Trinajstić information content (AvgIpc) is 4.29. The number of carboxylic acid groups (broad SMARTS) is 1. The first-order chi connectivity index (χ1) is 38.4. The highest BCUT2D eigenvalue weighted by Gasteiger charge is 2.45. The minimum atomic E-state index is -1.52. The Morgan fingerprint density at radius 1 is 0.691 bits per heavy atom. The predicted molar refractivity (Wildman–Crippen MR) is 298 cm³/mol. The van der Waals surface area contributed by atoms with Crippen LogP contribution < -0.4 is 54.4 Å². The summed E-state index contributed by atoms with van der Waals surface area (Å²) in [6.07, 6.45) is 5.65. The van der Waals surface area contributed by atoms with Gasteiger partial charge in [-0.25, -0.2) is 9.78 Å². The zero-order valence-corrected chi connectivity index (χ0v) is 48.4. The minimum absolute atomic E-state index is 0.0812. The fourth-order valence-corrected chi connectivity index (χ4v) is 9.94. The maximum Gasteiger partial charge on any atom is 0.326 e. The molecule has 1 aromatic rings. The van der Waals surface area contributed by atoms with Crippen LogP contribution in [0.1, 0.15) is 144 Å². The van der Waals surface area contributed by atoms with Gasteiger partial charge in [-0.3, -0.25) is 43.2 Å². The SMILES string of the molecule is CC[C@H](C)[C@H](NC(=O)[C@H](C)NC(=O)C[C@H](O)[C@H](CC(C)C)NC(=O)[C@H](CO)NC(=O)[C@H](CC(C)C)NC(=O)[C@@H](N)Cc1c[nH]cn1)C(=O)N1CCC[C@H]1C(=O)N1CCC[C@H]1C(=O)N[C@@H](CCCCN)C(=O)N[C@@H](CCCCN)C(=O)O. The summed E-state index contributed by atoms with van der Waals surface area (Å²) < 4.78 is 0. The highest BCUT2D eigenvalue weighted by Crippen LogP contribution is 2.27. The summed E-state index contributed by atoms with van der Waals surface area (Å²) in [5, 5.41) is 49.8. The molecule has 81 heavy (non-hydrogen) atoms. The van der Waals surface area contributed by atoms with Gasteiger partial charge in [0.2, 0.25) is 53.2 Å². The second-order valence-electron chi connectivity index (χ2n) is 22.4. The van der Waals surface area contributed by atoms with Crippen molar-refractivity contribution in [2.45, 2.75) is 211 Å². The van der Waals surface area contributed by atoms with Crippen molar-refractivity contribution in [3.63, 3.8) is 0 Å². The summed E-state index contributed by atoms with van der Waals surface area (Å²) in [6.45, 7) is 12.5. The summed E-state index contributed by atoms with van der Waals surface area (Å²) >= 11 is 0. The Morgan fingerprint density at radius 3 is 1.83 bits per heavy atom. The van der Waals surface area contributed by atoms with Crippen LogP contribution in [0.15, 0.2) is 12.5 Å². The Balaban J connectivity index is 1.67. The number of likely N-dealkylation sites (tertiary alicyclic amines) is 2. The number of unbranched alkanes of at least 4 members (excludes halogenated alkanes) is 2. The number of carbonyl (C=O) groups excluding carboxylic acids is 9. The number of imidazole rings is 1. The zero-order chi connectivity index (χ0) is 60.5. The van der Waals surface area contributed by atoms with Crippen molar-refractivity contribution >= 4 is 59.1 Å². The number of nitrogens with two attached hydrogens (primary N) is 3. The highest BCUT2D eigenvalue weighted by atomic mass is 16.4. The number of aromatic amines is 1. The molecule has 9 amide bonds. The Bertz CT molecular complexity index is 2220. The molecule has 0 aromatic carbocycles. The number of nitrogens with zero attached hydrogens (tertiary/aromatic N) is 3. The molecule has 27 heteroatoms. The molecule has 12 atom stereocenters. The third-order valence-corrected chi connectivity index (χ3v) is 14.7. The molecule has 0 saturated carbocycles. The van der Waals surface area contributed by atoms with Crippen LogP contribution in [0.5, 0.6) is 0 Å². The van der Waals surface area contributed by atoms with Gasteiger partial charge in [-0.15, -0.1) is 0 Å². The van der Waals surface area contributed by atoms with E-state index in [9.17, 15) is 63.3 Å². The van der Waals surface area contributed by atoms with Gasteiger partial charge in [0.05, 0.1) is 43.2 Å². The summed E-state index contributed by atoms with van der Waals surface area (Å²) in [5.74, 6) is -7.91. The van der Waals surface area contributed by atoms with Crippen molar-refractivity contribution in [1.29, 1.82) is 0 Å². The second kappa shape index (κ2) is 34.9. The summed E-state index contributed by atoms with van der Waals surface area (Å²) in [4.78, 5) is 145. The molecule has 0 aliphatic carbocycles. The van der Waals surface area contributed by atoms with Gasteiger partial charge >= 0.3 is 5.97 Å². The number of aliphatic hydroxyl groups excluding tert-OH is 2. The number of hydrogen-bond donors (Lipinski definition) is 14.